The summed E-state index contributed by atoms with van der Waals surface area (Å²) in [4.78, 5) is 1.34. The highest BCUT2D eigenvalue weighted by Gasteiger charge is 2.15. The molecule has 17 heavy (non-hydrogen) atoms. The van der Waals surface area contributed by atoms with Gasteiger partial charge in [-0.3, -0.25) is 0 Å². The van der Waals surface area contributed by atoms with Crippen molar-refractivity contribution in [3.05, 3.63) is 39.6 Å². The Bertz CT molecular complexity index is 529. The Kier molecular flexibility index (Phi) is 3.61. The summed E-state index contributed by atoms with van der Waals surface area (Å²) in [7, 11) is 1.66. The third-order valence-electron chi connectivity index (χ3n) is 2.25. The monoisotopic (exact) mass is 272 g/mol. The van der Waals surface area contributed by atoms with Crippen molar-refractivity contribution in [2.75, 3.05) is 0 Å². The van der Waals surface area contributed by atoms with Gasteiger partial charge in [0.1, 0.15) is 0 Å². The lowest BCUT2D eigenvalue weighted by atomic mass is 10.1. The number of aliphatic hydroxyl groups is 1. The summed E-state index contributed by atoms with van der Waals surface area (Å²) in [6.07, 6.45) is -0.515. The Hall–Kier alpha value is -1.17. The lowest BCUT2D eigenvalue weighted by molar-refractivity contribution is 0.176. The second kappa shape index (κ2) is 5.00. The molecule has 0 saturated heterocycles. The molecule has 0 bridgehead atoms. The van der Waals surface area contributed by atoms with Crippen molar-refractivity contribution in [1.82, 2.24) is 20.2 Å². The number of halogens is 2. The average molecular weight is 273 g/mol. The number of hydrogen-bond donors (Lipinski definition) is 1. The summed E-state index contributed by atoms with van der Waals surface area (Å²) in [6.45, 7) is 0. The van der Waals surface area contributed by atoms with Gasteiger partial charge in [0.2, 0.25) is 0 Å². The molecule has 1 unspecified atom stereocenters. The van der Waals surface area contributed by atoms with Crippen LogP contribution < -0.4 is 0 Å². The van der Waals surface area contributed by atoms with Gasteiger partial charge in [-0.25, -0.2) is 0 Å². The molecule has 0 spiro atoms. The van der Waals surface area contributed by atoms with Crippen LogP contribution in [0.3, 0.4) is 0 Å². The molecular formula is C10H10Cl2N4O. The molecule has 1 aromatic carbocycles. The number of rotatable bonds is 3. The maximum absolute atomic E-state index is 10.0. The van der Waals surface area contributed by atoms with Crippen LogP contribution in [0.4, 0.5) is 0 Å². The summed E-state index contributed by atoms with van der Waals surface area (Å²) in [5, 5.41) is 22.4. The molecule has 0 fully saturated rings. The van der Waals surface area contributed by atoms with E-state index in [2.05, 4.69) is 15.4 Å². The maximum atomic E-state index is 10.0. The zero-order valence-electron chi connectivity index (χ0n) is 9.01. The van der Waals surface area contributed by atoms with Gasteiger partial charge in [-0.1, -0.05) is 29.3 Å². The topological polar surface area (TPSA) is 63.8 Å². The smallest absolute Gasteiger partial charge is 0.177 e. The first-order valence-corrected chi connectivity index (χ1v) is 5.68. The first-order valence-electron chi connectivity index (χ1n) is 4.92. The molecule has 0 radical (unpaired) electrons. The van der Waals surface area contributed by atoms with Crippen LogP contribution in [0.1, 0.15) is 17.5 Å². The van der Waals surface area contributed by atoms with Crippen LogP contribution in [0.25, 0.3) is 0 Å². The van der Waals surface area contributed by atoms with E-state index in [1.807, 2.05) is 0 Å². The van der Waals surface area contributed by atoms with Gasteiger partial charge in [0.05, 0.1) is 13.2 Å². The van der Waals surface area contributed by atoms with Gasteiger partial charge in [0, 0.05) is 16.5 Å². The minimum Gasteiger partial charge on any atom is -0.388 e. The molecule has 1 heterocycles. The SMILES string of the molecule is Cn1nnc(CC(O)c2ccc(Cl)cc2Cl)n1. The molecule has 0 amide bonds. The van der Waals surface area contributed by atoms with E-state index in [0.717, 1.165) is 0 Å². The number of aliphatic hydroxyl groups excluding tert-OH is 1. The van der Waals surface area contributed by atoms with Crippen molar-refractivity contribution in [2.45, 2.75) is 12.5 Å². The van der Waals surface area contributed by atoms with E-state index in [0.29, 0.717) is 21.4 Å². The minimum atomic E-state index is -0.774. The molecule has 0 aliphatic carbocycles. The Morgan fingerprint density at radius 1 is 1.41 bits per heavy atom. The van der Waals surface area contributed by atoms with E-state index in [4.69, 9.17) is 23.2 Å². The molecule has 1 N–H and O–H groups in total. The van der Waals surface area contributed by atoms with Gasteiger partial charge < -0.3 is 5.11 Å². The fraction of sp³-hybridized carbons (Fsp3) is 0.300. The van der Waals surface area contributed by atoms with E-state index in [-0.39, 0.29) is 6.42 Å². The van der Waals surface area contributed by atoms with Crippen LogP contribution in [0.15, 0.2) is 18.2 Å². The predicted molar refractivity (Wildman–Crippen MR) is 63.9 cm³/mol. The Morgan fingerprint density at radius 3 is 2.76 bits per heavy atom. The number of tetrazole rings is 1. The van der Waals surface area contributed by atoms with Gasteiger partial charge in [0.25, 0.3) is 0 Å². The highest BCUT2D eigenvalue weighted by atomic mass is 35.5. The fourth-order valence-corrected chi connectivity index (χ4v) is 1.99. The fourth-order valence-electron chi connectivity index (χ4n) is 1.46. The van der Waals surface area contributed by atoms with E-state index < -0.39 is 6.10 Å². The van der Waals surface area contributed by atoms with Crippen LogP contribution in [-0.4, -0.2) is 25.3 Å². The average Bonchev–Trinajstić information content (AvgIpc) is 2.63. The second-order valence-electron chi connectivity index (χ2n) is 3.58. The molecule has 0 saturated carbocycles. The van der Waals surface area contributed by atoms with Gasteiger partial charge in [-0.05, 0) is 22.9 Å². The van der Waals surface area contributed by atoms with E-state index in [9.17, 15) is 5.11 Å². The Balaban J connectivity index is 2.17. The zero-order valence-corrected chi connectivity index (χ0v) is 10.5. The van der Waals surface area contributed by atoms with E-state index in [1.54, 1.807) is 25.2 Å². The summed E-state index contributed by atoms with van der Waals surface area (Å²) in [5.74, 6) is 0.464. The molecule has 2 rings (SSSR count). The van der Waals surface area contributed by atoms with E-state index >= 15 is 0 Å². The standard InChI is InChI=1S/C10H10Cl2N4O/c1-16-14-10(13-15-16)5-9(17)7-3-2-6(11)4-8(7)12/h2-4,9,17H,5H2,1H3. The number of aromatic nitrogens is 4. The van der Waals surface area contributed by atoms with Crippen molar-refractivity contribution in [1.29, 1.82) is 0 Å². The van der Waals surface area contributed by atoms with Gasteiger partial charge in [-0.15, -0.1) is 10.2 Å². The molecule has 7 heteroatoms. The second-order valence-corrected chi connectivity index (χ2v) is 4.42. The summed E-state index contributed by atoms with van der Waals surface area (Å²) >= 11 is 11.8. The number of hydrogen-bond acceptors (Lipinski definition) is 4. The predicted octanol–water partition coefficient (Wildman–Crippen LogP) is 1.79. The van der Waals surface area contributed by atoms with Crippen LogP contribution in [0.2, 0.25) is 10.0 Å². The van der Waals surface area contributed by atoms with Crippen molar-refractivity contribution >= 4 is 23.2 Å². The molecular weight excluding hydrogens is 263 g/mol. The first-order chi connectivity index (χ1) is 8.06. The number of aryl methyl sites for hydroxylation is 1. The van der Waals surface area contributed by atoms with Crippen molar-refractivity contribution in [3.8, 4) is 0 Å². The van der Waals surface area contributed by atoms with Gasteiger partial charge in [-0.2, -0.15) is 4.80 Å². The Morgan fingerprint density at radius 2 is 2.18 bits per heavy atom. The lowest BCUT2D eigenvalue weighted by Gasteiger charge is -2.10. The maximum Gasteiger partial charge on any atom is 0.177 e. The molecule has 2 aromatic rings. The van der Waals surface area contributed by atoms with Gasteiger partial charge >= 0.3 is 0 Å². The first kappa shape index (κ1) is 12.3. The van der Waals surface area contributed by atoms with Crippen molar-refractivity contribution in [2.24, 2.45) is 7.05 Å². The molecule has 1 atom stereocenters. The third kappa shape index (κ3) is 2.94. The molecule has 0 aliphatic rings. The third-order valence-corrected chi connectivity index (χ3v) is 2.81. The Labute approximate surface area is 108 Å². The quantitative estimate of drug-likeness (QED) is 0.926. The summed E-state index contributed by atoms with van der Waals surface area (Å²) in [5.41, 5.74) is 0.600. The summed E-state index contributed by atoms with van der Waals surface area (Å²) in [6, 6.07) is 4.95. The van der Waals surface area contributed by atoms with Crippen LogP contribution >= 0.6 is 23.2 Å². The molecule has 5 nitrogen and oxygen atoms in total. The van der Waals surface area contributed by atoms with Gasteiger partial charge in [0.15, 0.2) is 5.82 Å². The highest BCUT2D eigenvalue weighted by molar-refractivity contribution is 6.35. The lowest BCUT2D eigenvalue weighted by Crippen LogP contribution is -2.04. The normalized spacial score (nSPS) is 12.7. The molecule has 90 valence electrons. The highest BCUT2D eigenvalue weighted by Crippen LogP contribution is 2.27. The molecule has 0 aliphatic heterocycles. The van der Waals surface area contributed by atoms with Crippen LogP contribution in [-0.2, 0) is 13.5 Å². The van der Waals surface area contributed by atoms with Crippen LogP contribution in [0.5, 0.6) is 0 Å². The molecule has 1 aromatic heterocycles. The van der Waals surface area contributed by atoms with E-state index in [1.165, 1.54) is 4.80 Å². The van der Waals surface area contributed by atoms with Crippen molar-refractivity contribution < 1.29 is 5.11 Å². The zero-order chi connectivity index (χ0) is 12.4. The summed E-state index contributed by atoms with van der Waals surface area (Å²) < 4.78 is 0. The number of nitrogens with zero attached hydrogens (tertiary/aromatic N) is 4. The van der Waals surface area contributed by atoms with Crippen LogP contribution in [0, 0.1) is 0 Å². The minimum absolute atomic E-state index is 0.259. The number of benzene rings is 1. The van der Waals surface area contributed by atoms with Crippen molar-refractivity contribution in [3.63, 3.8) is 0 Å². The largest absolute Gasteiger partial charge is 0.388 e.